The van der Waals surface area contributed by atoms with Crippen LogP contribution in [0.1, 0.15) is 12.0 Å². The topological polar surface area (TPSA) is 166 Å². The Balaban J connectivity index is 1.95. The summed E-state index contributed by atoms with van der Waals surface area (Å²) in [7, 11) is 1.38. The Labute approximate surface area is 173 Å². The molecular formula is C19H27N3O8. The number of aliphatic carboxylic acids is 1. The van der Waals surface area contributed by atoms with Gasteiger partial charge in [0.2, 0.25) is 11.8 Å². The van der Waals surface area contributed by atoms with Gasteiger partial charge in [-0.15, -0.1) is 0 Å². The zero-order valence-electron chi connectivity index (χ0n) is 16.6. The van der Waals surface area contributed by atoms with Crippen molar-refractivity contribution in [2.45, 2.75) is 31.0 Å². The predicted molar refractivity (Wildman–Crippen MR) is 104 cm³/mol. The molecule has 0 saturated carbocycles. The molecule has 1 saturated heterocycles. The number of amides is 2. The zero-order valence-corrected chi connectivity index (χ0v) is 16.6. The molecule has 2 rings (SSSR count). The van der Waals surface area contributed by atoms with Gasteiger partial charge in [0, 0.05) is 19.5 Å². The van der Waals surface area contributed by atoms with E-state index in [9.17, 15) is 29.7 Å². The third-order valence-electron chi connectivity index (χ3n) is 4.55. The van der Waals surface area contributed by atoms with E-state index >= 15 is 0 Å². The second-order valence-electron chi connectivity index (χ2n) is 6.81. The van der Waals surface area contributed by atoms with Gasteiger partial charge in [-0.2, -0.15) is 0 Å². The number of phenols is 1. The van der Waals surface area contributed by atoms with E-state index in [2.05, 4.69) is 16.0 Å². The fraction of sp³-hybridized carbons (Fsp3) is 0.526. The SMILES string of the molecule is COc1ccc(C[C@H](NC(=O)[C@H](CO)NC(=O)CC2CNCCO2)C(=O)O)cc1O. The third-order valence-corrected chi connectivity index (χ3v) is 4.55. The summed E-state index contributed by atoms with van der Waals surface area (Å²) in [5.41, 5.74) is 0.451. The van der Waals surface area contributed by atoms with Gasteiger partial charge < -0.3 is 40.7 Å². The van der Waals surface area contributed by atoms with Crippen LogP contribution in [0.2, 0.25) is 0 Å². The van der Waals surface area contributed by atoms with Gasteiger partial charge in [-0.3, -0.25) is 9.59 Å². The molecule has 0 spiro atoms. The molecule has 1 heterocycles. The summed E-state index contributed by atoms with van der Waals surface area (Å²) in [5.74, 6) is -2.56. The smallest absolute Gasteiger partial charge is 0.326 e. The number of phenolic OH excluding ortho intramolecular Hbond substituents is 1. The molecule has 0 bridgehead atoms. The number of carbonyl (C=O) groups excluding carboxylic acids is 2. The number of nitrogens with one attached hydrogen (secondary N) is 3. The van der Waals surface area contributed by atoms with Gasteiger partial charge in [-0.1, -0.05) is 6.07 Å². The minimum absolute atomic E-state index is 0.00423. The van der Waals surface area contributed by atoms with Crippen LogP contribution in [-0.2, 0) is 25.5 Å². The number of aliphatic hydroxyl groups excluding tert-OH is 1. The summed E-state index contributed by atoms with van der Waals surface area (Å²) >= 11 is 0. The molecule has 30 heavy (non-hydrogen) atoms. The quantitative estimate of drug-likeness (QED) is 0.258. The number of carbonyl (C=O) groups is 3. The number of rotatable bonds is 10. The van der Waals surface area contributed by atoms with E-state index in [-0.39, 0.29) is 30.4 Å². The van der Waals surface area contributed by atoms with Crippen molar-refractivity contribution in [1.82, 2.24) is 16.0 Å². The number of hydrogen-bond donors (Lipinski definition) is 6. The number of hydrogen-bond acceptors (Lipinski definition) is 8. The van der Waals surface area contributed by atoms with Gasteiger partial charge in [-0.05, 0) is 17.7 Å². The Hall–Kier alpha value is -2.89. The first-order chi connectivity index (χ1) is 14.3. The van der Waals surface area contributed by atoms with Gasteiger partial charge in [-0.25, -0.2) is 4.79 Å². The first-order valence-electron chi connectivity index (χ1n) is 9.45. The summed E-state index contributed by atoms with van der Waals surface area (Å²) in [6.07, 6.45) is -0.452. The molecule has 11 nitrogen and oxygen atoms in total. The van der Waals surface area contributed by atoms with Gasteiger partial charge in [0.15, 0.2) is 11.5 Å². The molecule has 2 amide bonds. The van der Waals surface area contributed by atoms with Gasteiger partial charge in [0.25, 0.3) is 0 Å². The van der Waals surface area contributed by atoms with Crippen molar-refractivity contribution in [1.29, 1.82) is 0 Å². The van der Waals surface area contributed by atoms with Crippen LogP contribution in [0, 0.1) is 0 Å². The number of benzene rings is 1. The molecule has 0 aliphatic carbocycles. The van der Waals surface area contributed by atoms with E-state index in [0.29, 0.717) is 25.3 Å². The normalized spacial score (nSPS) is 18.1. The molecule has 11 heteroatoms. The lowest BCUT2D eigenvalue weighted by molar-refractivity contribution is -0.142. The first kappa shape index (κ1) is 23.4. The van der Waals surface area contributed by atoms with E-state index in [4.69, 9.17) is 9.47 Å². The molecule has 1 unspecified atom stereocenters. The Morgan fingerprint density at radius 2 is 2.07 bits per heavy atom. The number of aromatic hydroxyl groups is 1. The van der Waals surface area contributed by atoms with Gasteiger partial charge >= 0.3 is 5.97 Å². The molecule has 1 aromatic rings. The van der Waals surface area contributed by atoms with E-state index in [1.54, 1.807) is 6.07 Å². The Morgan fingerprint density at radius 3 is 2.63 bits per heavy atom. The van der Waals surface area contributed by atoms with Crippen molar-refractivity contribution in [2.24, 2.45) is 0 Å². The van der Waals surface area contributed by atoms with Crippen molar-refractivity contribution in [3.8, 4) is 11.5 Å². The predicted octanol–water partition coefficient (Wildman–Crippen LogP) is -1.63. The van der Waals surface area contributed by atoms with Gasteiger partial charge in [0.1, 0.15) is 12.1 Å². The van der Waals surface area contributed by atoms with Crippen molar-refractivity contribution >= 4 is 17.8 Å². The average Bonchev–Trinajstić information content (AvgIpc) is 2.72. The average molecular weight is 425 g/mol. The molecule has 0 radical (unpaired) electrons. The van der Waals surface area contributed by atoms with Crippen LogP contribution in [-0.4, -0.2) is 84.7 Å². The van der Waals surface area contributed by atoms with Gasteiger partial charge in [0.05, 0.1) is 32.8 Å². The monoisotopic (exact) mass is 425 g/mol. The first-order valence-corrected chi connectivity index (χ1v) is 9.45. The minimum Gasteiger partial charge on any atom is -0.504 e. The van der Waals surface area contributed by atoms with Crippen LogP contribution in [0.4, 0.5) is 0 Å². The van der Waals surface area contributed by atoms with Crippen LogP contribution in [0.25, 0.3) is 0 Å². The standard InChI is InChI=1S/C19H27N3O8/c1-29-16-3-2-11(7-15(16)24)6-13(19(27)28)22-18(26)14(10-23)21-17(25)8-12-9-20-4-5-30-12/h2-3,7,12-14,20,23-24H,4-6,8-10H2,1H3,(H,21,25)(H,22,26)(H,27,28)/t12?,13-,14-/m0/s1. The lowest BCUT2D eigenvalue weighted by atomic mass is 10.0. The highest BCUT2D eigenvalue weighted by Crippen LogP contribution is 2.26. The molecule has 166 valence electrons. The highest BCUT2D eigenvalue weighted by atomic mass is 16.5. The minimum atomic E-state index is -1.33. The zero-order chi connectivity index (χ0) is 22.1. The van der Waals surface area contributed by atoms with Crippen LogP contribution < -0.4 is 20.7 Å². The van der Waals surface area contributed by atoms with Crippen LogP contribution >= 0.6 is 0 Å². The number of morpholine rings is 1. The highest BCUT2D eigenvalue weighted by Gasteiger charge is 2.27. The van der Waals surface area contributed by atoms with Crippen LogP contribution in [0.5, 0.6) is 11.5 Å². The maximum atomic E-state index is 12.4. The van der Waals surface area contributed by atoms with E-state index < -0.39 is 36.5 Å². The Morgan fingerprint density at radius 1 is 1.30 bits per heavy atom. The van der Waals surface area contributed by atoms with Crippen molar-refractivity contribution in [3.05, 3.63) is 23.8 Å². The highest BCUT2D eigenvalue weighted by molar-refractivity contribution is 5.90. The molecule has 1 fully saturated rings. The summed E-state index contributed by atoms with van der Waals surface area (Å²) in [4.78, 5) is 36.1. The molecule has 6 N–H and O–H groups in total. The number of carboxylic acids is 1. The molecule has 0 aromatic heterocycles. The Bertz CT molecular complexity index is 751. The van der Waals surface area contributed by atoms with E-state index in [1.165, 1.54) is 19.2 Å². The fourth-order valence-corrected chi connectivity index (χ4v) is 2.98. The Kier molecular flexibility index (Phi) is 8.84. The lowest BCUT2D eigenvalue weighted by Gasteiger charge is -2.24. The molecule has 1 aromatic carbocycles. The van der Waals surface area contributed by atoms with Crippen molar-refractivity contribution < 1.29 is 39.2 Å². The summed E-state index contributed by atoms with van der Waals surface area (Å²) in [6, 6.07) is 1.74. The number of carboxylic acid groups (broad SMARTS) is 1. The number of ether oxygens (including phenoxy) is 2. The lowest BCUT2D eigenvalue weighted by Crippen LogP contribution is -2.54. The van der Waals surface area contributed by atoms with E-state index in [1.807, 2.05) is 0 Å². The van der Waals surface area contributed by atoms with Crippen molar-refractivity contribution in [3.63, 3.8) is 0 Å². The maximum Gasteiger partial charge on any atom is 0.326 e. The molecule has 1 aliphatic heterocycles. The second kappa shape index (κ2) is 11.3. The third kappa shape index (κ3) is 6.87. The summed E-state index contributed by atoms with van der Waals surface area (Å²) in [5, 5.41) is 36.5. The second-order valence-corrected chi connectivity index (χ2v) is 6.81. The number of methoxy groups -OCH3 is 1. The van der Waals surface area contributed by atoms with Crippen molar-refractivity contribution in [2.75, 3.05) is 33.4 Å². The molecular weight excluding hydrogens is 398 g/mol. The molecule has 3 atom stereocenters. The number of aliphatic hydroxyl groups is 1. The summed E-state index contributed by atoms with van der Waals surface area (Å²) in [6.45, 7) is 0.974. The largest absolute Gasteiger partial charge is 0.504 e. The van der Waals surface area contributed by atoms with Crippen LogP contribution in [0.3, 0.4) is 0 Å². The maximum absolute atomic E-state index is 12.4. The molecule has 1 aliphatic rings. The van der Waals surface area contributed by atoms with E-state index in [0.717, 1.165) is 0 Å². The summed E-state index contributed by atoms with van der Waals surface area (Å²) < 4.78 is 10.4. The fourth-order valence-electron chi connectivity index (χ4n) is 2.98. The van der Waals surface area contributed by atoms with Crippen LogP contribution in [0.15, 0.2) is 18.2 Å².